The molecule has 0 fully saturated rings. The molecule has 1 atom stereocenters. The molecular formula is C13H17N3. The molecule has 1 aromatic heterocycles. The van der Waals surface area contributed by atoms with Gasteiger partial charge in [-0.05, 0) is 18.1 Å². The van der Waals surface area contributed by atoms with Crippen molar-refractivity contribution in [2.24, 2.45) is 5.84 Å². The predicted molar refractivity (Wildman–Crippen MR) is 66.7 cm³/mol. The van der Waals surface area contributed by atoms with Crippen molar-refractivity contribution < 1.29 is 0 Å². The molecule has 0 saturated carbocycles. The van der Waals surface area contributed by atoms with Crippen molar-refractivity contribution in [3.05, 3.63) is 42.1 Å². The van der Waals surface area contributed by atoms with E-state index >= 15 is 0 Å². The topological polar surface area (TPSA) is 50.9 Å². The molecular weight excluding hydrogens is 198 g/mol. The van der Waals surface area contributed by atoms with Gasteiger partial charge in [0.15, 0.2) is 0 Å². The van der Waals surface area contributed by atoms with E-state index in [-0.39, 0.29) is 6.04 Å². The molecule has 2 aromatic rings. The third kappa shape index (κ3) is 2.05. The van der Waals surface area contributed by atoms with Gasteiger partial charge in [0, 0.05) is 17.6 Å². The lowest BCUT2D eigenvalue weighted by Crippen LogP contribution is -2.28. The Morgan fingerprint density at radius 3 is 2.88 bits per heavy atom. The maximum absolute atomic E-state index is 5.60. The van der Waals surface area contributed by atoms with Crippen LogP contribution in [0.3, 0.4) is 0 Å². The molecule has 3 N–H and O–H groups in total. The van der Waals surface area contributed by atoms with Crippen molar-refractivity contribution in [3.8, 4) is 0 Å². The first-order chi connectivity index (χ1) is 7.86. The molecule has 0 aliphatic heterocycles. The zero-order valence-electron chi connectivity index (χ0n) is 9.48. The maximum Gasteiger partial charge on any atom is 0.0750 e. The van der Waals surface area contributed by atoms with E-state index in [4.69, 9.17) is 5.84 Å². The minimum atomic E-state index is 0.184. The van der Waals surface area contributed by atoms with Gasteiger partial charge in [-0.1, -0.05) is 37.6 Å². The number of nitrogens with one attached hydrogen (secondary N) is 1. The molecule has 16 heavy (non-hydrogen) atoms. The highest BCUT2D eigenvalue weighted by Crippen LogP contribution is 2.24. The molecule has 0 amide bonds. The third-order valence-corrected chi connectivity index (χ3v) is 2.82. The SMILES string of the molecule is CCCC(NN)c1cccc2cccnc12. The fourth-order valence-electron chi connectivity index (χ4n) is 2.03. The number of pyridine rings is 1. The molecule has 1 unspecified atom stereocenters. The summed E-state index contributed by atoms with van der Waals surface area (Å²) < 4.78 is 0. The molecule has 0 saturated heterocycles. The van der Waals surface area contributed by atoms with Crippen molar-refractivity contribution >= 4 is 10.9 Å². The van der Waals surface area contributed by atoms with Gasteiger partial charge in [0.05, 0.1) is 5.52 Å². The standard InChI is InChI=1S/C13H17N3/c1-2-5-12(16-14)11-8-3-6-10-7-4-9-15-13(10)11/h3-4,6-9,12,16H,2,5,14H2,1H3. The fourth-order valence-corrected chi connectivity index (χ4v) is 2.03. The van der Waals surface area contributed by atoms with Gasteiger partial charge in [-0.2, -0.15) is 0 Å². The first kappa shape index (κ1) is 11.0. The molecule has 84 valence electrons. The Labute approximate surface area is 95.7 Å². The van der Waals surface area contributed by atoms with Crippen LogP contribution in [-0.4, -0.2) is 4.98 Å². The Morgan fingerprint density at radius 1 is 1.31 bits per heavy atom. The summed E-state index contributed by atoms with van der Waals surface area (Å²) in [7, 11) is 0. The number of aromatic nitrogens is 1. The Hall–Kier alpha value is -1.45. The monoisotopic (exact) mass is 215 g/mol. The van der Waals surface area contributed by atoms with E-state index < -0.39 is 0 Å². The highest BCUT2D eigenvalue weighted by atomic mass is 15.2. The molecule has 0 bridgehead atoms. The number of nitrogens with zero attached hydrogens (tertiary/aromatic N) is 1. The highest BCUT2D eigenvalue weighted by molar-refractivity contribution is 5.81. The van der Waals surface area contributed by atoms with Crippen LogP contribution < -0.4 is 11.3 Å². The Balaban J connectivity index is 2.50. The summed E-state index contributed by atoms with van der Waals surface area (Å²) in [6.07, 6.45) is 3.94. The number of hydrazine groups is 1. The quantitative estimate of drug-likeness (QED) is 0.608. The fraction of sp³-hybridized carbons (Fsp3) is 0.308. The van der Waals surface area contributed by atoms with E-state index in [1.165, 1.54) is 5.56 Å². The van der Waals surface area contributed by atoms with Crippen LogP contribution in [0, 0.1) is 0 Å². The van der Waals surface area contributed by atoms with Gasteiger partial charge in [-0.25, -0.2) is 0 Å². The number of para-hydroxylation sites is 1. The van der Waals surface area contributed by atoms with Crippen LogP contribution >= 0.6 is 0 Å². The van der Waals surface area contributed by atoms with Crippen LogP contribution in [-0.2, 0) is 0 Å². The van der Waals surface area contributed by atoms with Gasteiger partial charge in [0.2, 0.25) is 0 Å². The maximum atomic E-state index is 5.60. The third-order valence-electron chi connectivity index (χ3n) is 2.82. The zero-order valence-corrected chi connectivity index (χ0v) is 9.48. The lowest BCUT2D eigenvalue weighted by molar-refractivity contribution is 0.512. The number of hydrogen-bond donors (Lipinski definition) is 2. The zero-order chi connectivity index (χ0) is 11.4. The number of benzene rings is 1. The summed E-state index contributed by atoms with van der Waals surface area (Å²) in [5.41, 5.74) is 5.10. The average molecular weight is 215 g/mol. The Morgan fingerprint density at radius 2 is 2.12 bits per heavy atom. The van der Waals surface area contributed by atoms with Crippen LogP contribution in [0.25, 0.3) is 10.9 Å². The van der Waals surface area contributed by atoms with Crippen LogP contribution in [0.15, 0.2) is 36.5 Å². The van der Waals surface area contributed by atoms with Crippen molar-refractivity contribution in [1.82, 2.24) is 10.4 Å². The summed E-state index contributed by atoms with van der Waals surface area (Å²) in [5, 5.41) is 1.16. The van der Waals surface area contributed by atoms with E-state index in [0.717, 1.165) is 23.7 Å². The molecule has 0 spiro atoms. The van der Waals surface area contributed by atoms with Crippen molar-refractivity contribution in [2.75, 3.05) is 0 Å². The summed E-state index contributed by atoms with van der Waals surface area (Å²) in [5.74, 6) is 5.60. The smallest absolute Gasteiger partial charge is 0.0750 e. The van der Waals surface area contributed by atoms with Gasteiger partial charge in [-0.15, -0.1) is 0 Å². The molecule has 0 aliphatic rings. The number of hydrogen-bond acceptors (Lipinski definition) is 3. The van der Waals surface area contributed by atoms with Crippen LogP contribution in [0.5, 0.6) is 0 Å². The second-order valence-corrected chi connectivity index (χ2v) is 3.93. The number of nitrogens with two attached hydrogens (primary N) is 1. The Kier molecular flexibility index (Phi) is 3.49. The van der Waals surface area contributed by atoms with Gasteiger partial charge in [-0.3, -0.25) is 16.3 Å². The lowest BCUT2D eigenvalue weighted by Gasteiger charge is -2.16. The summed E-state index contributed by atoms with van der Waals surface area (Å²) in [6, 6.07) is 10.4. The van der Waals surface area contributed by atoms with E-state index in [2.05, 4.69) is 41.6 Å². The largest absolute Gasteiger partial charge is 0.271 e. The molecule has 3 nitrogen and oxygen atoms in total. The molecule has 0 aliphatic carbocycles. The lowest BCUT2D eigenvalue weighted by atomic mass is 10.00. The highest BCUT2D eigenvalue weighted by Gasteiger charge is 2.11. The van der Waals surface area contributed by atoms with Gasteiger partial charge in [0.25, 0.3) is 0 Å². The molecule has 1 aromatic carbocycles. The van der Waals surface area contributed by atoms with Crippen LogP contribution in [0.1, 0.15) is 31.4 Å². The van der Waals surface area contributed by atoms with Gasteiger partial charge < -0.3 is 0 Å². The first-order valence-corrected chi connectivity index (χ1v) is 5.66. The summed E-state index contributed by atoms with van der Waals surface area (Å²) in [4.78, 5) is 4.44. The van der Waals surface area contributed by atoms with Crippen LogP contribution in [0.2, 0.25) is 0 Å². The van der Waals surface area contributed by atoms with Crippen molar-refractivity contribution in [3.63, 3.8) is 0 Å². The van der Waals surface area contributed by atoms with E-state index in [9.17, 15) is 0 Å². The molecule has 0 radical (unpaired) electrons. The van der Waals surface area contributed by atoms with Gasteiger partial charge in [0.1, 0.15) is 0 Å². The number of fused-ring (bicyclic) bond motifs is 1. The molecule has 3 heteroatoms. The second kappa shape index (κ2) is 5.05. The predicted octanol–water partition coefficient (Wildman–Crippen LogP) is 2.54. The minimum Gasteiger partial charge on any atom is -0.271 e. The van der Waals surface area contributed by atoms with E-state index in [1.807, 2.05) is 12.3 Å². The van der Waals surface area contributed by atoms with Crippen molar-refractivity contribution in [2.45, 2.75) is 25.8 Å². The normalized spacial score (nSPS) is 12.9. The molecule has 1 heterocycles. The minimum absolute atomic E-state index is 0.184. The second-order valence-electron chi connectivity index (χ2n) is 3.93. The van der Waals surface area contributed by atoms with E-state index in [1.54, 1.807) is 0 Å². The average Bonchev–Trinajstić information content (AvgIpc) is 2.35. The summed E-state index contributed by atoms with van der Waals surface area (Å²) in [6.45, 7) is 2.16. The van der Waals surface area contributed by atoms with E-state index in [0.29, 0.717) is 0 Å². The van der Waals surface area contributed by atoms with Crippen molar-refractivity contribution in [1.29, 1.82) is 0 Å². The van der Waals surface area contributed by atoms with Crippen LogP contribution in [0.4, 0.5) is 0 Å². The summed E-state index contributed by atoms with van der Waals surface area (Å²) >= 11 is 0. The number of rotatable bonds is 4. The Bertz CT molecular complexity index is 462. The van der Waals surface area contributed by atoms with Gasteiger partial charge >= 0.3 is 0 Å². The first-order valence-electron chi connectivity index (χ1n) is 5.66. The molecule has 2 rings (SSSR count).